The van der Waals surface area contributed by atoms with Gasteiger partial charge < -0.3 is 9.30 Å². The molecule has 2 rings (SSSR count). The zero-order valence-corrected chi connectivity index (χ0v) is 14.0. The SMILES string of the molecule is CCCC(C)(C)n1c(C(C)Cl)nc2cc(F)c(OC)cc21. The van der Waals surface area contributed by atoms with Gasteiger partial charge in [0.15, 0.2) is 11.6 Å². The van der Waals surface area contributed by atoms with Crippen molar-refractivity contribution >= 4 is 22.6 Å². The van der Waals surface area contributed by atoms with Crippen LogP contribution in [0.1, 0.15) is 51.7 Å². The molecule has 1 unspecified atom stereocenters. The third kappa shape index (κ3) is 2.86. The Morgan fingerprint density at radius 2 is 2.10 bits per heavy atom. The molecule has 0 N–H and O–H groups in total. The largest absolute Gasteiger partial charge is 0.494 e. The van der Waals surface area contributed by atoms with Crippen LogP contribution in [0.5, 0.6) is 5.75 Å². The fourth-order valence-corrected chi connectivity index (χ4v) is 3.03. The Balaban J connectivity index is 2.78. The molecular formula is C16H22ClFN2O. The molecule has 116 valence electrons. The molecule has 1 aromatic heterocycles. The van der Waals surface area contributed by atoms with Gasteiger partial charge in [0, 0.05) is 17.7 Å². The lowest BCUT2D eigenvalue weighted by atomic mass is 9.97. The van der Waals surface area contributed by atoms with Crippen molar-refractivity contribution in [2.75, 3.05) is 7.11 Å². The minimum atomic E-state index is -0.406. The number of methoxy groups -OCH3 is 1. The highest BCUT2D eigenvalue weighted by Crippen LogP contribution is 2.35. The van der Waals surface area contributed by atoms with Crippen molar-refractivity contribution in [2.45, 2.75) is 51.5 Å². The molecule has 0 spiro atoms. The van der Waals surface area contributed by atoms with Crippen LogP contribution in [0.3, 0.4) is 0 Å². The molecule has 0 radical (unpaired) electrons. The van der Waals surface area contributed by atoms with E-state index < -0.39 is 5.82 Å². The first-order chi connectivity index (χ1) is 9.81. The van der Waals surface area contributed by atoms with Gasteiger partial charge >= 0.3 is 0 Å². The number of alkyl halides is 1. The summed E-state index contributed by atoms with van der Waals surface area (Å²) in [4.78, 5) is 4.53. The number of hydrogen-bond acceptors (Lipinski definition) is 2. The van der Waals surface area contributed by atoms with Crippen LogP contribution >= 0.6 is 11.6 Å². The molecule has 0 aliphatic heterocycles. The monoisotopic (exact) mass is 312 g/mol. The fraction of sp³-hybridized carbons (Fsp3) is 0.562. The summed E-state index contributed by atoms with van der Waals surface area (Å²) in [6.07, 6.45) is 2.02. The molecule has 21 heavy (non-hydrogen) atoms. The van der Waals surface area contributed by atoms with E-state index in [-0.39, 0.29) is 16.7 Å². The van der Waals surface area contributed by atoms with Crippen molar-refractivity contribution in [3.05, 3.63) is 23.8 Å². The van der Waals surface area contributed by atoms with Gasteiger partial charge in [-0.15, -0.1) is 11.6 Å². The fourth-order valence-electron chi connectivity index (χ4n) is 2.88. The number of benzene rings is 1. The molecular weight excluding hydrogens is 291 g/mol. The van der Waals surface area contributed by atoms with Gasteiger partial charge in [-0.1, -0.05) is 13.3 Å². The number of nitrogens with zero attached hydrogens (tertiary/aromatic N) is 2. The smallest absolute Gasteiger partial charge is 0.167 e. The number of aromatic nitrogens is 2. The summed E-state index contributed by atoms with van der Waals surface area (Å²) < 4.78 is 21.1. The second-order valence-corrected chi connectivity index (χ2v) is 6.61. The minimum absolute atomic E-state index is 0.148. The summed E-state index contributed by atoms with van der Waals surface area (Å²) >= 11 is 6.29. The van der Waals surface area contributed by atoms with Gasteiger partial charge in [-0.3, -0.25) is 0 Å². The van der Waals surface area contributed by atoms with Gasteiger partial charge in [-0.05, 0) is 27.2 Å². The van der Waals surface area contributed by atoms with E-state index in [9.17, 15) is 4.39 Å². The molecule has 5 heteroatoms. The highest BCUT2D eigenvalue weighted by Gasteiger charge is 2.28. The van der Waals surface area contributed by atoms with Crippen molar-refractivity contribution < 1.29 is 9.13 Å². The first-order valence-electron chi connectivity index (χ1n) is 7.22. The lowest BCUT2D eigenvalue weighted by Gasteiger charge is -2.30. The third-order valence-corrected chi connectivity index (χ3v) is 3.97. The average molecular weight is 313 g/mol. The van der Waals surface area contributed by atoms with E-state index >= 15 is 0 Å². The Morgan fingerprint density at radius 1 is 1.43 bits per heavy atom. The lowest BCUT2D eigenvalue weighted by Crippen LogP contribution is -2.28. The number of halogens is 2. The van der Waals surface area contributed by atoms with Crippen LogP contribution in [-0.2, 0) is 5.54 Å². The van der Waals surface area contributed by atoms with Crippen molar-refractivity contribution in [1.29, 1.82) is 0 Å². The number of fused-ring (bicyclic) bond motifs is 1. The highest BCUT2D eigenvalue weighted by atomic mass is 35.5. The number of imidazole rings is 1. The Bertz CT molecular complexity index is 649. The van der Waals surface area contributed by atoms with Crippen molar-refractivity contribution in [3.63, 3.8) is 0 Å². The van der Waals surface area contributed by atoms with Gasteiger partial charge in [0.1, 0.15) is 5.82 Å². The van der Waals surface area contributed by atoms with Gasteiger partial charge in [-0.2, -0.15) is 0 Å². The van der Waals surface area contributed by atoms with Gasteiger partial charge in [-0.25, -0.2) is 9.37 Å². The van der Waals surface area contributed by atoms with Crippen molar-refractivity contribution in [3.8, 4) is 5.75 Å². The second-order valence-electron chi connectivity index (χ2n) is 5.96. The molecule has 0 fully saturated rings. The predicted molar refractivity (Wildman–Crippen MR) is 84.7 cm³/mol. The van der Waals surface area contributed by atoms with Crippen LogP contribution in [0.15, 0.2) is 12.1 Å². The van der Waals surface area contributed by atoms with Crippen molar-refractivity contribution in [1.82, 2.24) is 9.55 Å². The Morgan fingerprint density at radius 3 is 2.62 bits per heavy atom. The Kier molecular flexibility index (Phi) is 4.47. The second kappa shape index (κ2) is 5.84. The predicted octanol–water partition coefficient (Wildman–Crippen LogP) is 5.02. The molecule has 2 aromatic rings. The molecule has 3 nitrogen and oxygen atoms in total. The van der Waals surface area contributed by atoms with E-state index in [2.05, 4.69) is 30.3 Å². The topological polar surface area (TPSA) is 27.1 Å². The average Bonchev–Trinajstić information content (AvgIpc) is 2.76. The van der Waals surface area contributed by atoms with Gasteiger partial charge in [0.25, 0.3) is 0 Å². The standard InChI is InChI=1S/C16H22ClFN2O/c1-6-7-16(3,4)20-13-9-14(21-5)11(18)8-12(13)19-15(20)10(2)17/h8-10H,6-7H2,1-5H3. The summed E-state index contributed by atoms with van der Waals surface area (Å²) in [6.45, 7) is 8.33. The minimum Gasteiger partial charge on any atom is -0.494 e. The number of ether oxygens (including phenoxy) is 1. The van der Waals surface area contributed by atoms with Crippen LogP contribution in [0.25, 0.3) is 11.0 Å². The number of rotatable bonds is 5. The summed E-state index contributed by atoms with van der Waals surface area (Å²) in [5, 5.41) is -0.248. The van der Waals surface area contributed by atoms with E-state index in [4.69, 9.17) is 16.3 Å². The zero-order valence-electron chi connectivity index (χ0n) is 13.2. The van der Waals surface area contributed by atoms with Gasteiger partial charge in [0.05, 0.1) is 23.5 Å². The summed E-state index contributed by atoms with van der Waals surface area (Å²) in [5.41, 5.74) is 1.32. The molecule has 0 amide bonds. The molecule has 0 saturated heterocycles. The van der Waals surface area contributed by atoms with Crippen LogP contribution in [0.2, 0.25) is 0 Å². The van der Waals surface area contributed by atoms with Crippen LogP contribution in [0.4, 0.5) is 4.39 Å². The Hall–Kier alpha value is -1.29. The third-order valence-electron chi connectivity index (χ3n) is 3.78. The van der Waals surface area contributed by atoms with E-state index in [0.717, 1.165) is 24.2 Å². The van der Waals surface area contributed by atoms with Gasteiger partial charge in [0.2, 0.25) is 0 Å². The maximum atomic E-state index is 13.9. The summed E-state index contributed by atoms with van der Waals surface area (Å²) in [7, 11) is 1.47. The Labute approximate surface area is 130 Å². The molecule has 0 aliphatic carbocycles. The summed E-state index contributed by atoms with van der Waals surface area (Å²) in [5.74, 6) is 0.583. The van der Waals surface area contributed by atoms with Crippen LogP contribution in [0, 0.1) is 5.82 Å². The zero-order chi connectivity index (χ0) is 15.8. The normalized spacial score (nSPS) is 13.7. The highest BCUT2D eigenvalue weighted by molar-refractivity contribution is 6.20. The first-order valence-corrected chi connectivity index (χ1v) is 7.66. The molecule has 1 heterocycles. The van der Waals surface area contributed by atoms with Crippen molar-refractivity contribution in [2.24, 2.45) is 0 Å². The van der Waals surface area contributed by atoms with E-state index in [0.29, 0.717) is 5.52 Å². The number of hydrogen-bond donors (Lipinski definition) is 0. The molecule has 0 bridgehead atoms. The molecule has 0 aliphatic rings. The molecule has 1 aromatic carbocycles. The van der Waals surface area contributed by atoms with E-state index in [1.54, 1.807) is 6.07 Å². The maximum Gasteiger partial charge on any atom is 0.167 e. The quantitative estimate of drug-likeness (QED) is 0.725. The summed E-state index contributed by atoms with van der Waals surface area (Å²) in [6, 6.07) is 3.12. The first kappa shape index (κ1) is 16.1. The molecule has 1 atom stereocenters. The lowest BCUT2D eigenvalue weighted by molar-refractivity contribution is 0.323. The van der Waals surface area contributed by atoms with E-state index in [1.807, 2.05) is 6.92 Å². The molecule has 0 saturated carbocycles. The van der Waals surface area contributed by atoms with Crippen LogP contribution < -0.4 is 4.74 Å². The maximum absolute atomic E-state index is 13.9. The van der Waals surface area contributed by atoms with E-state index in [1.165, 1.54) is 13.2 Å². The van der Waals surface area contributed by atoms with Crippen LogP contribution in [-0.4, -0.2) is 16.7 Å².